The highest BCUT2D eigenvalue weighted by Crippen LogP contribution is 2.21. The third-order valence-electron chi connectivity index (χ3n) is 3.18. The van der Waals surface area contributed by atoms with Gasteiger partial charge in [-0.2, -0.15) is 0 Å². The van der Waals surface area contributed by atoms with Crippen LogP contribution in [0.1, 0.15) is 30.5 Å². The SMILES string of the molecule is CCCNC(Cc1cccnc1)c1cncc(OC)c1. The van der Waals surface area contributed by atoms with Crippen molar-refractivity contribution in [1.29, 1.82) is 0 Å². The minimum absolute atomic E-state index is 0.224. The van der Waals surface area contributed by atoms with Gasteiger partial charge in [0, 0.05) is 24.6 Å². The summed E-state index contributed by atoms with van der Waals surface area (Å²) in [4.78, 5) is 8.42. The monoisotopic (exact) mass is 271 g/mol. The van der Waals surface area contributed by atoms with Gasteiger partial charge in [-0.3, -0.25) is 9.97 Å². The Balaban J connectivity index is 2.17. The topological polar surface area (TPSA) is 47.0 Å². The average Bonchev–Trinajstić information content (AvgIpc) is 2.52. The van der Waals surface area contributed by atoms with E-state index in [0.29, 0.717) is 0 Å². The molecule has 4 heteroatoms. The Kier molecular flexibility index (Phi) is 5.50. The Bertz CT molecular complexity index is 516. The molecular formula is C16H21N3O. The first-order valence-corrected chi connectivity index (χ1v) is 6.94. The van der Waals surface area contributed by atoms with Crippen molar-refractivity contribution in [3.63, 3.8) is 0 Å². The molecule has 0 bridgehead atoms. The van der Waals surface area contributed by atoms with Crippen LogP contribution in [0.3, 0.4) is 0 Å². The van der Waals surface area contributed by atoms with E-state index in [1.807, 2.05) is 24.5 Å². The minimum Gasteiger partial charge on any atom is -0.495 e. The number of hydrogen-bond donors (Lipinski definition) is 1. The largest absolute Gasteiger partial charge is 0.495 e. The van der Waals surface area contributed by atoms with Gasteiger partial charge in [-0.1, -0.05) is 13.0 Å². The maximum atomic E-state index is 5.26. The number of nitrogens with one attached hydrogen (secondary N) is 1. The maximum Gasteiger partial charge on any atom is 0.137 e. The molecule has 1 atom stereocenters. The highest BCUT2D eigenvalue weighted by atomic mass is 16.5. The highest BCUT2D eigenvalue weighted by Gasteiger charge is 2.13. The van der Waals surface area contributed by atoms with Gasteiger partial charge in [0.15, 0.2) is 0 Å². The summed E-state index contributed by atoms with van der Waals surface area (Å²) in [7, 11) is 1.66. The molecule has 4 nitrogen and oxygen atoms in total. The van der Waals surface area contributed by atoms with Crippen LogP contribution in [0.5, 0.6) is 5.75 Å². The van der Waals surface area contributed by atoms with E-state index in [9.17, 15) is 0 Å². The molecule has 0 aliphatic heterocycles. The van der Waals surface area contributed by atoms with E-state index in [1.54, 1.807) is 19.5 Å². The van der Waals surface area contributed by atoms with Gasteiger partial charge in [-0.05, 0) is 42.6 Å². The molecule has 0 amide bonds. The molecule has 0 saturated carbocycles. The number of hydrogen-bond acceptors (Lipinski definition) is 4. The molecule has 2 aromatic rings. The van der Waals surface area contributed by atoms with Crippen LogP contribution in [-0.2, 0) is 6.42 Å². The van der Waals surface area contributed by atoms with E-state index in [4.69, 9.17) is 4.74 Å². The molecule has 1 unspecified atom stereocenters. The molecule has 0 radical (unpaired) electrons. The first kappa shape index (κ1) is 14.5. The van der Waals surface area contributed by atoms with Crippen molar-refractivity contribution in [3.8, 4) is 5.75 Å². The second kappa shape index (κ2) is 7.60. The zero-order chi connectivity index (χ0) is 14.2. The summed E-state index contributed by atoms with van der Waals surface area (Å²) >= 11 is 0. The smallest absolute Gasteiger partial charge is 0.137 e. The van der Waals surface area contributed by atoms with Gasteiger partial charge in [0.25, 0.3) is 0 Å². The second-order valence-electron chi connectivity index (χ2n) is 4.73. The average molecular weight is 271 g/mol. The lowest BCUT2D eigenvalue weighted by atomic mass is 10.0. The number of nitrogens with zero attached hydrogens (tertiary/aromatic N) is 2. The van der Waals surface area contributed by atoms with E-state index >= 15 is 0 Å². The van der Waals surface area contributed by atoms with Crippen LogP contribution in [0.25, 0.3) is 0 Å². The second-order valence-corrected chi connectivity index (χ2v) is 4.73. The molecule has 0 spiro atoms. The minimum atomic E-state index is 0.224. The Morgan fingerprint density at radius 3 is 2.85 bits per heavy atom. The van der Waals surface area contributed by atoms with Crippen molar-refractivity contribution < 1.29 is 4.74 Å². The summed E-state index contributed by atoms with van der Waals surface area (Å²) in [6, 6.07) is 6.33. The lowest BCUT2D eigenvalue weighted by Crippen LogP contribution is -2.24. The summed E-state index contributed by atoms with van der Waals surface area (Å²) < 4.78 is 5.26. The molecule has 0 aliphatic rings. The number of pyridine rings is 2. The van der Waals surface area contributed by atoms with Crippen molar-refractivity contribution in [3.05, 3.63) is 54.1 Å². The van der Waals surface area contributed by atoms with Gasteiger partial charge < -0.3 is 10.1 Å². The Labute approximate surface area is 120 Å². The Hall–Kier alpha value is -1.94. The van der Waals surface area contributed by atoms with Gasteiger partial charge >= 0.3 is 0 Å². The van der Waals surface area contributed by atoms with E-state index in [0.717, 1.165) is 30.7 Å². The lowest BCUT2D eigenvalue weighted by molar-refractivity contribution is 0.410. The van der Waals surface area contributed by atoms with Gasteiger partial charge in [0.1, 0.15) is 5.75 Å². The fourth-order valence-electron chi connectivity index (χ4n) is 2.12. The molecule has 2 heterocycles. The fourth-order valence-corrected chi connectivity index (χ4v) is 2.12. The molecule has 2 rings (SSSR count). The zero-order valence-corrected chi connectivity index (χ0v) is 12.0. The first-order chi connectivity index (χ1) is 9.83. The molecule has 0 aliphatic carbocycles. The predicted octanol–water partition coefficient (Wildman–Crippen LogP) is 2.77. The molecule has 20 heavy (non-hydrogen) atoms. The Morgan fingerprint density at radius 2 is 2.15 bits per heavy atom. The third-order valence-corrected chi connectivity index (χ3v) is 3.18. The van der Waals surface area contributed by atoms with Crippen LogP contribution in [0.4, 0.5) is 0 Å². The van der Waals surface area contributed by atoms with Gasteiger partial charge in [0.05, 0.1) is 13.3 Å². The van der Waals surface area contributed by atoms with Gasteiger partial charge in [0.2, 0.25) is 0 Å². The van der Waals surface area contributed by atoms with Gasteiger partial charge in [-0.15, -0.1) is 0 Å². The summed E-state index contributed by atoms with van der Waals surface area (Å²) in [5, 5.41) is 3.56. The van der Waals surface area contributed by atoms with Crippen molar-refractivity contribution in [1.82, 2.24) is 15.3 Å². The molecule has 0 aromatic carbocycles. The van der Waals surface area contributed by atoms with Crippen LogP contribution in [0, 0.1) is 0 Å². The van der Waals surface area contributed by atoms with Crippen LogP contribution >= 0.6 is 0 Å². The highest BCUT2D eigenvalue weighted by molar-refractivity contribution is 5.27. The molecule has 0 saturated heterocycles. The number of ether oxygens (including phenoxy) is 1. The van der Waals surface area contributed by atoms with Crippen molar-refractivity contribution >= 4 is 0 Å². The number of methoxy groups -OCH3 is 1. The van der Waals surface area contributed by atoms with Crippen molar-refractivity contribution in [2.24, 2.45) is 0 Å². The lowest BCUT2D eigenvalue weighted by Gasteiger charge is -2.19. The van der Waals surface area contributed by atoms with Crippen LogP contribution < -0.4 is 10.1 Å². The van der Waals surface area contributed by atoms with Crippen LogP contribution in [0.15, 0.2) is 43.0 Å². The van der Waals surface area contributed by atoms with Crippen LogP contribution in [-0.4, -0.2) is 23.6 Å². The number of rotatable bonds is 7. The summed E-state index contributed by atoms with van der Waals surface area (Å²) in [6.45, 7) is 3.14. The maximum absolute atomic E-state index is 5.26. The molecule has 0 fully saturated rings. The van der Waals surface area contributed by atoms with Crippen molar-refractivity contribution in [2.45, 2.75) is 25.8 Å². The molecule has 1 N–H and O–H groups in total. The number of aromatic nitrogens is 2. The quantitative estimate of drug-likeness (QED) is 0.841. The summed E-state index contributed by atoms with van der Waals surface area (Å²) in [5.41, 5.74) is 2.35. The predicted molar refractivity (Wildman–Crippen MR) is 79.8 cm³/mol. The third kappa shape index (κ3) is 4.03. The van der Waals surface area contributed by atoms with E-state index in [-0.39, 0.29) is 6.04 Å². The van der Waals surface area contributed by atoms with E-state index < -0.39 is 0 Å². The van der Waals surface area contributed by atoms with Crippen molar-refractivity contribution in [2.75, 3.05) is 13.7 Å². The molecule has 2 aromatic heterocycles. The summed E-state index contributed by atoms with van der Waals surface area (Å²) in [6.07, 6.45) is 9.32. The molecular weight excluding hydrogens is 250 g/mol. The zero-order valence-electron chi connectivity index (χ0n) is 12.0. The summed E-state index contributed by atoms with van der Waals surface area (Å²) in [5.74, 6) is 0.789. The van der Waals surface area contributed by atoms with E-state index in [1.165, 1.54) is 5.56 Å². The van der Waals surface area contributed by atoms with Crippen LogP contribution in [0.2, 0.25) is 0 Å². The van der Waals surface area contributed by atoms with Gasteiger partial charge in [-0.25, -0.2) is 0 Å². The molecule has 106 valence electrons. The normalized spacial score (nSPS) is 12.1. The standard InChI is InChI=1S/C16H21N3O/c1-3-6-19-16(8-13-5-4-7-17-10-13)14-9-15(20-2)12-18-11-14/h4-5,7,9-12,16,19H,3,6,8H2,1-2H3. The fraction of sp³-hybridized carbons (Fsp3) is 0.375. The van der Waals surface area contributed by atoms with E-state index in [2.05, 4.69) is 28.3 Å². The first-order valence-electron chi connectivity index (χ1n) is 6.94. The Morgan fingerprint density at radius 1 is 1.25 bits per heavy atom.